The van der Waals surface area contributed by atoms with Crippen molar-refractivity contribution in [3.63, 3.8) is 0 Å². The number of hydrogen-bond donors (Lipinski definition) is 2. The van der Waals surface area contributed by atoms with Crippen LogP contribution in [0.2, 0.25) is 5.02 Å². The smallest absolute Gasteiger partial charge is 0.315 e. The lowest BCUT2D eigenvalue weighted by Crippen LogP contribution is -2.34. The van der Waals surface area contributed by atoms with Crippen molar-refractivity contribution in [2.24, 2.45) is 0 Å². The second kappa shape index (κ2) is 10.4. The predicted octanol–water partition coefficient (Wildman–Crippen LogP) is 3.95. The Hall–Kier alpha value is -2.44. The van der Waals surface area contributed by atoms with Crippen LogP contribution < -0.4 is 20.1 Å². The van der Waals surface area contributed by atoms with E-state index in [1.165, 1.54) is 5.56 Å². The molecule has 2 N–H and O–H groups in total. The van der Waals surface area contributed by atoms with Gasteiger partial charge in [0.2, 0.25) is 0 Å². The lowest BCUT2D eigenvalue weighted by Gasteiger charge is -2.20. The second-order valence-corrected chi connectivity index (χ2v) is 7.32. The topological polar surface area (TPSA) is 62.8 Å². The molecule has 6 nitrogen and oxygen atoms in total. The Labute approximate surface area is 177 Å². The summed E-state index contributed by atoms with van der Waals surface area (Å²) in [6.07, 6.45) is 0. The normalized spacial score (nSPS) is 12.7. The van der Waals surface area contributed by atoms with Crippen molar-refractivity contribution < 1.29 is 14.3 Å². The highest BCUT2D eigenvalue weighted by molar-refractivity contribution is 6.32. The molecule has 0 aromatic heterocycles. The van der Waals surface area contributed by atoms with Crippen molar-refractivity contribution in [1.82, 2.24) is 15.5 Å². The molecule has 0 unspecified atom stereocenters. The second-order valence-electron chi connectivity index (χ2n) is 6.92. The molecule has 156 valence electrons. The highest BCUT2D eigenvalue weighted by Crippen LogP contribution is 2.38. The van der Waals surface area contributed by atoms with Gasteiger partial charge < -0.3 is 20.1 Å². The summed E-state index contributed by atoms with van der Waals surface area (Å²) in [6.45, 7) is 9.16. The highest BCUT2D eigenvalue weighted by atomic mass is 35.5. The van der Waals surface area contributed by atoms with Gasteiger partial charge in [0.05, 0.1) is 5.02 Å². The SMILES string of the molecule is CCN(CC)Cc1ccc(CNC(=O)NCc2cc(Cl)c3c(c2)OCCO3)cc1. The Morgan fingerprint density at radius 1 is 0.966 bits per heavy atom. The number of ether oxygens (including phenoxy) is 2. The zero-order valence-corrected chi connectivity index (χ0v) is 17.7. The number of urea groups is 1. The van der Waals surface area contributed by atoms with Crippen molar-refractivity contribution in [3.05, 3.63) is 58.1 Å². The fourth-order valence-electron chi connectivity index (χ4n) is 3.16. The monoisotopic (exact) mass is 417 g/mol. The van der Waals surface area contributed by atoms with E-state index < -0.39 is 0 Å². The van der Waals surface area contributed by atoms with E-state index in [-0.39, 0.29) is 6.03 Å². The molecule has 0 bridgehead atoms. The fraction of sp³-hybridized carbons (Fsp3) is 0.409. The first-order chi connectivity index (χ1) is 14.1. The Kier molecular flexibility index (Phi) is 7.61. The molecular formula is C22H28ClN3O3. The summed E-state index contributed by atoms with van der Waals surface area (Å²) in [5.41, 5.74) is 3.19. The fourth-order valence-corrected chi connectivity index (χ4v) is 3.45. The van der Waals surface area contributed by atoms with Gasteiger partial charge in [0.15, 0.2) is 11.5 Å². The summed E-state index contributed by atoms with van der Waals surface area (Å²) in [4.78, 5) is 14.5. The summed E-state index contributed by atoms with van der Waals surface area (Å²) >= 11 is 6.23. The first-order valence-corrected chi connectivity index (χ1v) is 10.4. The van der Waals surface area contributed by atoms with Crippen LogP contribution in [0.25, 0.3) is 0 Å². The Bertz CT molecular complexity index is 823. The zero-order valence-electron chi connectivity index (χ0n) is 17.0. The molecule has 0 saturated carbocycles. The number of nitrogens with one attached hydrogen (secondary N) is 2. The van der Waals surface area contributed by atoms with Crippen LogP contribution >= 0.6 is 11.6 Å². The van der Waals surface area contributed by atoms with E-state index in [9.17, 15) is 4.79 Å². The van der Waals surface area contributed by atoms with Gasteiger partial charge in [-0.1, -0.05) is 49.7 Å². The van der Waals surface area contributed by atoms with Crippen LogP contribution in [-0.4, -0.2) is 37.2 Å². The van der Waals surface area contributed by atoms with E-state index in [0.29, 0.717) is 42.8 Å². The maximum absolute atomic E-state index is 12.1. The zero-order chi connectivity index (χ0) is 20.6. The summed E-state index contributed by atoms with van der Waals surface area (Å²) in [5.74, 6) is 1.18. The number of carbonyl (C=O) groups is 1. The van der Waals surface area contributed by atoms with Crippen LogP contribution in [0.3, 0.4) is 0 Å². The molecule has 2 aromatic rings. The summed E-state index contributed by atoms with van der Waals surface area (Å²) in [7, 11) is 0. The molecule has 7 heteroatoms. The molecular weight excluding hydrogens is 390 g/mol. The van der Waals surface area contributed by atoms with Crippen molar-refractivity contribution in [1.29, 1.82) is 0 Å². The van der Waals surface area contributed by atoms with Crippen molar-refractivity contribution in [2.45, 2.75) is 33.5 Å². The van der Waals surface area contributed by atoms with E-state index in [2.05, 4.69) is 53.6 Å². The molecule has 29 heavy (non-hydrogen) atoms. The average Bonchev–Trinajstić information content (AvgIpc) is 2.75. The van der Waals surface area contributed by atoms with Crippen molar-refractivity contribution >= 4 is 17.6 Å². The maximum atomic E-state index is 12.1. The molecule has 0 aliphatic carbocycles. The van der Waals surface area contributed by atoms with Crippen LogP contribution in [0.4, 0.5) is 4.79 Å². The largest absolute Gasteiger partial charge is 0.486 e. The van der Waals surface area contributed by atoms with Gasteiger partial charge in [-0.05, 0) is 41.9 Å². The first kappa shape index (κ1) is 21.3. The molecule has 1 aliphatic rings. The summed E-state index contributed by atoms with van der Waals surface area (Å²) < 4.78 is 11.1. The van der Waals surface area contributed by atoms with Gasteiger partial charge >= 0.3 is 6.03 Å². The van der Waals surface area contributed by atoms with Gasteiger partial charge in [0.25, 0.3) is 0 Å². The van der Waals surface area contributed by atoms with Gasteiger partial charge in [0.1, 0.15) is 13.2 Å². The molecule has 0 saturated heterocycles. The maximum Gasteiger partial charge on any atom is 0.315 e. The molecule has 0 radical (unpaired) electrons. The van der Waals surface area contributed by atoms with E-state index in [1.54, 1.807) is 6.07 Å². The molecule has 3 rings (SSSR count). The molecule has 1 heterocycles. The number of carbonyl (C=O) groups excluding carboxylic acids is 1. The van der Waals surface area contributed by atoms with Crippen molar-refractivity contribution in [3.8, 4) is 11.5 Å². The lowest BCUT2D eigenvalue weighted by atomic mass is 10.1. The molecule has 0 atom stereocenters. The van der Waals surface area contributed by atoms with Gasteiger partial charge in [-0.2, -0.15) is 0 Å². The minimum atomic E-state index is -0.233. The van der Waals surface area contributed by atoms with Gasteiger partial charge in [0, 0.05) is 19.6 Å². The van der Waals surface area contributed by atoms with Crippen LogP contribution in [0.15, 0.2) is 36.4 Å². The molecule has 0 fully saturated rings. The van der Waals surface area contributed by atoms with E-state index >= 15 is 0 Å². The number of fused-ring (bicyclic) bond motifs is 1. The van der Waals surface area contributed by atoms with Gasteiger partial charge in [-0.3, -0.25) is 4.90 Å². The Morgan fingerprint density at radius 2 is 1.59 bits per heavy atom. The number of hydrogen-bond acceptors (Lipinski definition) is 4. The summed E-state index contributed by atoms with van der Waals surface area (Å²) in [6, 6.07) is 11.7. The number of nitrogens with zero attached hydrogens (tertiary/aromatic N) is 1. The third kappa shape index (κ3) is 6.02. The van der Waals surface area contributed by atoms with Gasteiger partial charge in [-0.15, -0.1) is 0 Å². The van der Waals surface area contributed by atoms with Gasteiger partial charge in [-0.25, -0.2) is 4.79 Å². The van der Waals surface area contributed by atoms with Crippen molar-refractivity contribution in [2.75, 3.05) is 26.3 Å². The van der Waals surface area contributed by atoms with E-state index in [4.69, 9.17) is 21.1 Å². The third-order valence-corrected chi connectivity index (χ3v) is 5.17. The molecule has 1 aliphatic heterocycles. The van der Waals surface area contributed by atoms with Crippen LogP contribution in [0, 0.1) is 0 Å². The Morgan fingerprint density at radius 3 is 2.28 bits per heavy atom. The van der Waals surface area contributed by atoms with Crippen LogP contribution in [0.5, 0.6) is 11.5 Å². The number of halogens is 1. The standard InChI is InChI=1S/C22H28ClN3O3/c1-3-26(4-2)15-17-7-5-16(6-8-17)13-24-22(27)25-14-18-11-19(23)21-20(12-18)28-9-10-29-21/h5-8,11-12H,3-4,9-10,13-15H2,1-2H3,(H2,24,25,27). The minimum absolute atomic E-state index is 0.233. The third-order valence-electron chi connectivity index (χ3n) is 4.89. The first-order valence-electron chi connectivity index (χ1n) is 9.99. The molecule has 2 aromatic carbocycles. The summed E-state index contributed by atoms with van der Waals surface area (Å²) in [5, 5.41) is 6.21. The molecule has 2 amide bonds. The quantitative estimate of drug-likeness (QED) is 0.682. The molecule has 0 spiro atoms. The highest BCUT2D eigenvalue weighted by Gasteiger charge is 2.16. The average molecular weight is 418 g/mol. The number of amides is 2. The van der Waals surface area contributed by atoms with E-state index in [0.717, 1.165) is 30.8 Å². The predicted molar refractivity (Wildman–Crippen MR) is 115 cm³/mol. The number of rotatable bonds is 8. The van der Waals surface area contributed by atoms with E-state index in [1.807, 2.05) is 6.07 Å². The minimum Gasteiger partial charge on any atom is -0.486 e. The number of benzene rings is 2. The van der Waals surface area contributed by atoms with Crippen LogP contribution in [-0.2, 0) is 19.6 Å². The lowest BCUT2D eigenvalue weighted by molar-refractivity contribution is 0.171. The Balaban J connectivity index is 1.46. The van der Waals surface area contributed by atoms with Crippen LogP contribution in [0.1, 0.15) is 30.5 Å².